The molecule has 4 nitrogen and oxygen atoms in total. The van der Waals surface area contributed by atoms with Crippen LogP contribution in [0.1, 0.15) is 36.2 Å². The van der Waals surface area contributed by atoms with E-state index in [1.54, 1.807) is 13.2 Å². The largest absolute Gasteiger partial charge is 0.496 e. The van der Waals surface area contributed by atoms with Crippen LogP contribution in [0.15, 0.2) is 18.2 Å². The van der Waals surface area contributed by atoms with Gasteiger partial charge in [-0.15, -0.1) is 0 Å². The zero-order chi connectivity index (χ0) is 13.8. The third-order valence-corrected chi connectivity index (χ3v) is 2.82. The lowest BCUT2D eigenvalue weighted by atomic mass is 9.99. The number of nitrogens with one attached hydrogen (secondary N) is 1. The van der Waals surface area contributed by atoms with Crippen molar-refractivity contribution in [3.63, 3.8) is 0 Å². The summed E-state index contributed by atoms with van der Waals surface area (Å²) in [6, 6.07) is 5.55. The zero-order valence-electron chi connectivity index (χ0n) is 11.5. The number of nitrogens with two attached hydrogens (primary N) is 1. The van der Waals surface area contributed by atoms with Gasteiger partial charge in [0.05, 0.1) is 12.7 Å². The van der Waals surface area contributed by atoms with Gasteiger partial charge in [0.1, 0.15) is 5.75 Å². The normalized spacial score (nSPS) is 11.2. The average Bonchev–Trinajstić information content (AvgIpc) is 2.28. The van der Waals surface area contributed by atoms with Crippen LogP contribution in [0, 0.1) is 6.92 Å². The lowest BCUT2D eigenvalue weighted by molar-refractivity contribution is 0.0907. The maximum absolute atomic E-state index is 12.2. The van der Waals surface area contributed by atoms with E-state index in [1.165, 1.54) is 0 Å². The Labute approximate surface area is 109 Å². The van der Waals surface area contributed by atoms with Crippen LogP contribution in [0.4, 0.5) is 0 Å². The highest BCUT2D eigenvalue weighted by Gasteiger charge is 2.22. The van der Waals surface area contributed by atoms with Crippen molar-refractivity contribution in [2.45, 2.75) is 32.7 Å². The number of aryl methyl sites for hydroxylation is 1. The standard InChI is InChI=1S/C14H22N2O2/c1-10-5-6-12(18-4)11(9-10)13(17)16-14(2,3)7-8-15/h5-6,9H,7-8,15H2,1-4H3,(H,16,17). The highest BCUT2D eigenvalue weighted by atomic mass is 16.5. The van der Waals surface area contributed by atoms with Crippen molar-refractivity contribution < 1.29 is 9.53 Å². The molecule has 0 spiro atoms. The molecule has 0 bridgehead atoms. The van der Waals surface area contributed by atoms with Crippen molar-refractivity contribution >= 4 is 5.91 Å². The quantitative estimate of drug-likeness (QED) is 0.838. The number of ether oxygens (including phenoxy) is 1. The second-order valence-electron chi connectivity index (χ2n) is 5.08. The highest BCUT2D eigenvalue weighted by Crippen LogP contribution is 2.20. The average molecular weight is 250 g/mol. The summed E-state index contributed by atoms with van der Waals surface area (Å²) in [5, 5.41) is 2.98. The maximum Gasteiger partial charge on any atom is 0.255 e. The number of methoxy groups -OCH3 is 1. The van der Waals surface area contributed by atoms with E-state index in [-0.39, 0.29) is 11.4 Å². The molecule has 4 heteroatoms. The molecule has 0 unspecified atom stereocenters. The van der Waals surface area contributed by atoms with Gasteiger partial charge in [0.2, 0.25) is 0 Å². The lowest BCUT2D eigenvalue weighted by Crippen LogP contribution is -2.44. The van der Waals surface area contributed by atoms with E-state index in [1.807, 2.05) is 32.9 Å². The Balaban J connectivity index is 2.93. The monoisotopic (exact) mass is 250 g/mol. The Morgan fingerprint density at radius 2 is 2.11 bits per heavy atom. The van der Waals surface area contributed by atoms with E-state index in [4.69, 9.17) is 10.5 Å². The summed E-state index contributed by atoms with van der Waals surface area (Å²) >= 11 is 0. The lowest BCUT2D eigenvalue weighted by Gasteiger charge is -2.26. The van der Waals surface area contributed by atoms with Gasteiger partial charge in [-0.3, -0.25) is 4.79 Å². The molecular weight excluding hydrogens is 228 g/mol. The smallest absolute Gasteiger partial charge is 0.255 e. The molecule has 0 aliphatic heterocycles. The summed E-state index contributed by atoms with van der Waals surface area (Å²) in [6.45, 7) is 6.40. The van der Waals surface area contributed by atoms with Gasteiger partial charge in [-0.05, 0) is 45.9 Å². The van der Waals surface area contributed by atoms with Crippen molar-refractivity contribution in [2.24, 2.45) is 5.73 Å². The first-order chi connectivity index (χ1) is 8.39. The zero-order valence-corrected chi connectivity index (χ0v) is 11.5. The first-order valence-corrected chi connectivity index (χ1v) is 6.07. The SMILES string of the molecule is COc1ccc(C)cc1C(=O)NC(C)(C)CCN. The van der Waals surface area contributed by atoms with E-state index in [9.17, 15) is 4.79 Å². The molecule has 0 aromatic heterocycles. The van der Waals surface area contributed by atoms with E-state index >= 15 is 0 Å². The molecule has 0 saturated carbocycles. The van der Waals surface area contributed by atoms with E-state index in [2.05, 4.69) is 5.32 Å². The maximum atomic E-state index is 12.2. The van der Waals surface area contributed by atoms with Crippen LogP contribution in [0.25, 0.3) is 0 Å². The Kier molecular flexibility index (Phi) is 4.73. The molecule has 1 aromatic rings. The fraction of sp³-hybridized carbons (Fsp3) is 0.500. The molecule has 1 rings (SSSR count). The fourth-order valence-corrected chi connectivity index (χ4v) is 1.80. The van der Waals surface area contributed by atoms with Crippen LogP contribution >= 0.6 is 0 Å². The van der Waals surface area contributed by atoms with Crippen LogP contribution in [0.3, 0.4) is 0 Å². The third kappa shape index (κ3) is 3.74. The highest BCUT2D eigenvalue weighted by molar-refractivity contribution is 5.97. The van der Waals surface area contributed by atoms with Gasteiger partial charge in [0.25, 0.3) is 5.91 Å². The summed E-state index contributed by atoms with van der Waals surface area (Å²) in [6.07, 6.45) is 0.729. The minimum absolute atomic E-state index is 0.131. The van der Waals surface area contributed by atoms with Gasteiger partial charge in [-0.2, -0.15) is 0 Å². The number of carbonyl (C=O) groups excluding carboxylic acids is 1. The fourth-order valence-electron chi connectivity index (χ4n) is 1.80. The molecule has 3 N–H and O–H groups in total. The van der Waals surface area contributed by atoms with Gasteiger partial charge >= 0.3 is 0 Å². The predicted octanol–water partition coefficient (Wildman–Crippen LogP) is 1.86. The summed E-state index contributed by atoms with van der Waals surface area (Å²) < 4.78 is 5.21. The van der Waals surface area contributed by atoms with E-state index in [0.717, 1.165) is 12.0 Å². The molecule has 18 heavy (non-hydrogen) atoms. The molecule has 0 aliphatic carbocycles. The van der Waals surface area contributed by atoms with E-state index < -0.39 is 0 Å². The van der Waals surface area contributed by atoms with Crippen molar-refractivity contribution in [3.05, 3.63) is 29.3 Å². The number of rotatable bonds is 5. The van der Waals surface area contributed by atoms with Crippen LogP contribution in [-0.4, -0.2) is 25.1 Å². The number of hydrogen-bond donors (Lipinski definition) is 2. The summed E-state index contributed by atoms with van der Waals surface area (Å²) in [5.41, 5.74) is 6.80. The van der Waals surface area contributed by atoms with Gasteiger partial charge in [-0.25, -0.2) is 0 Å². The van der Waals surface area contributed by atoms with Crippen molar-refractivity contribution in [1.29, 1.82) is 0 Å². The summed E-state index contributed by atoms with van der Waals surface area (Å²) in [5.74, 6) is 0.454. The molecule has 100 valence electrons. The molecule has 0 fully saturated rings. The van der Waals surface area contributed by atoms with Gasteiger partial charge in [-0.1, -0.05) is 11.6 Å². The first-order valence-electron chi connectivity index (χ1n) is 6.07. The minimum Gasteiger partial charge on any atom is -0.496 e. The topological polar surface area (TPSA) is 64.3 Å². The molecule has 0 heterocycles. The van der Waals surface area contributed by atoms with Crippen LogP contribution < -0.4 is 15.8 Å². The molecular formula is C14H22N2O2. The van der Waals surface area contributed by atoms with Crippen molar-refractivity contribution in [3.8, 4) is 5.75 Å². The van der Waals surface area contributed by atoms with Gasteiger partial charge in [0.15, 0.2) is 0 Å². The Morgan fingerprint density at radius 1 is 1.44 bits per heavy atom. The molecule has 1 amide bonds. The van der Waals surface area contributed by atoms with Crippen molar-refractivity contribution in [1.82, 2.24) is 5.32 Å². The van der Waals surface area contributed by atoms with Crippen LogP contribution in [-0.2, 0) is 0 Å². The molecule has 0 radical (unpaired) electrons. The molecule has 0 aliphatic rings. The molecule has 0 atom stereocenters. The molecule has 1 aromatic carbocycles. The number of amides is 1. The van der Waals surface area contributed by atoms with Crippen molar-refractivity contribution in [2.75, 3.05) is 13.7 Å². The second-order valence-corrected chi connectivity index (χ2v) is 5.08. The van der Waals surface area contributed by atoms with E-state index in [0.29, 0.717) is 17.9 Å². The minimum atomic E-state index is -0.319. The Hall–Kier alpha value is -1.55. The molecule has 0 saturated heterocycles. The Morgan fingerprint density at radius 3 is 2.67 bits per heavy atom. The van der Waals surface area contributed by atoms with Gasteiger partial charge in [0, 0.05) is 5.54 Å². The second kappa shape index (κ2) is 5.87. The first kappa shape index (κ1) is 14.5. The number of benzene rings is 1. The number of carbonyl (C=O) groups is 1. The predicted molar refractivity (Wildman–Crippen MR) is 72.9 cm³/mol. The van der Waals surface area contributed by atoms with Crippen LogP contribution in [0.2, 0.25) is 0 Å². The third-order valence-electron chi connectivity index (χ3n) is 2.82. The van der Waals surface area contributed by atoms with Crippen LogP contribution in [0.5, 0.6) is 5.75 Å². The summed E-state index contributed by atoms with van der Waals surface area (Å²) in [7, 11) is 1.56. The number of hydrogen-bond acceptors (Lipinski definition) is 3. The Bertz CT molecular complexity index is 428. The summed E-state index contributed by atoms with van der Waals surface area (Å²) in [4.78, 5) is 12.2. The van der Waals surface area contributed by atoms with Gasteiger partial charge < -0.3 is 15.8 Å².